The zero-order chi connectivity index (χ0) is 5.82. The molecule has 0 radical (unpaired) electrons. The van der Waals surface area contributed by atoms with E-state index < -0.39 is 0 Å². The Bertz CT molecular complexity index is 126. The lowest BCUT2D eigenvalue weighted by Gasteiger charge is -1.89. The third-order valence-corrected chi connectivity index (χ3v) is 1.06. The summed E-state index contributed by atoms with van der Waals surface area (Å²) in [5.74, 6) is 0. The zero-order valence-corrected chi connectivity index (χ0v) is 4.75. The second-order valence-corrected chi connectivity index (χ2v) is 1.72. The highest BCUT2D eigenvalue weighted by molar-refractivity contribution is 6.14. The van der Waals surface area contributed by atoms with Gasteiger partial charge in [-0.15, -0.1) is 0 Å². The highest BCUT2D eigenvalue weighted by Gasteiger charge is 2.01. The van der Waals surface area contributed by atoms with Gasteiger partial charge < -0.3 is 5.73 Å². The number of aliphatic imine (C=N–C) groups is 1. The molecule has 0 saturated heterocycles. The van der Waals surface area contributed by atoms with E-state index in [-0.39, 0.29) is 0 Å². The van der Waals surface area contributed by atoms with Crippen LogP contribution >= 0.6 is 0 Å². The van der Waals surface area contributed by atoms with Crippen molar-refractivity contribution < 1.29 is 4.58 Å². The van der Waals surface area contributed by atoms with Crippen molar-refractivity contribution in [2.75, 3.05) is 19.8 Å². The van der Waals surface area contributed by atoms with E-state index in [1.165, 1.54) is 0 Å². The van der Waals surface area contributed by atoms with E-state index in [2.05, 4.69) is 9.57 Å². The molecule has 1 rings (SSSR count). The molecular weight excluding hydrogens is 102 g/mol. The maximum atomic E-state index is 5.29. The van der Waals surface area contributed by atoms with E-state index in [9.17, 15) is 0 Å². The summed E-state index contributed by atoms with van der Waals surface area (Å²) in [6, 6.07) is 0. The average molecular weight is 112 g/mol. The summed E-state index contributed by atoms with van der Waals surface area (Å²) < 4.78 is 2.07. The number of nitrogens with zero attached hydrogens (tertiary/aromatic N) is 2. The summed E-state index contributed by atoms with van der Waals surface area (Å²) in [7, 11) is 0. The molecule has 2 N–H and O–H groups in total. The van der Waals surface area contributed by atoms with Crippen LogP contribution in [-0.2, 0) is 0 Å². The van der Waals surface area contributed by atoms with Gasteiger partial charge in [0.2, 0.25) is 6.67 Å². The first kappa shape index (κ1) is 5.44. The van der Waals surface area contributed by atoms with Gasteiger partial charge in [0, 0.05) is 0 Å². The Labute approximate surface area is 48.5 Å². The molecular formula is C5H10N3+. The predicted octanol–water partition coefficient (Wildman–Crippen LogP) is -0.930. The minimum Gasteiger partial charge on any atom is -0.325 e. The third kappa shape index (κ3) is 1.13. The van der Waals surface area contributed by atoms with Crippen molar-refractivity contribution >= 4 is 12.4 Å². The molecule has 1 heterocycles. The molecule has 3 heteroatoms. The predicted molar refractivity (Wildman–Crippen MR) is 33.6 cm³/mol. The largest absolute Gasteiger partial charge is 0.325 e. The van der Waals surface area contributed by atoms with Crippen LogP contribution in [0, 0.1) is 0 Å². The number of rotatable bonds is 2. The fourth-order valence-electron chi connectivity index (χ4n) is 0.652. The molecule has 8 heavy (non-hydrogen) atoms. The molecule has 0 spiro atoms. The van der Waals surface area contributed by atoms with Crippen LogP contribution in [0.15, 0.2) is 4.99 Å². The number of nitrogens with two attached hydrogens (primary N) is 1. The molecule has 1 aliphatic rings. The van der Waals surface area contributed by atoms with Gasteiger partial charge in [-0.3, -0.25) is 0 Å². The number of hydrogen-bond donors (Lipinski definition) is 1. The Hall–Kier alpha value is -0.700. The molecule has 0 unspecified atom stereocenters. The van der Waals surface area contributed by atoms with Crippen LogP contribution in [0.2, 0.25) is 0 Å². The van der Waals surface area contributed by atoms with Crippen LogP contribution in [0.3, 0.4) is 0 Å². The normalized spacial score (nSPS) is 16.9. The van der Waals surface area contributed by atoms with Gasteiger partial charge in [0.25, 0.3) is 0 Å². The van der Waals surface area contributed by atoms with Crippen molar-refractivity contribution in [3.8, 4) is 0 Å². The molecule has 0 aliphatic carbocycles. The molecule has 3 nitrogen and oxygen atoms in total. The Morgan fingerprint density at radius 2 is 2.62 bits per heavy atom. The maximum absolute atomic E-state index is 5.29. The lowest BCUT2D eigenvalue weighted by Crippen LogP contribution is -2.18. The fraction of sp³-hybridized carbons (Fsp3) is 0.600. The third-order valence-electron chi connectivity index (χ3n) is 1.06. The van der Waals surface area contributed by atoms with E-state index in [1.807, 2.05) is 6.21 Å². The van der Waals surface area contributed by atoms with Gasteiger partial charge in [0.05, 0.1) is 12.8 Å². The minimum atomic E-state index is 0.708. The lowest BCUT2D eigenvalue weighted by atomic mass is 10.6. The molecule has 0 saturated carbocycles. The van der Waals surface area contributed by atoms with Crippen molar-refractivity contribution in [3.05, 3.63) is 0 Å². The topological polar surface area (TPSA) is 41.4 Å². The smallest absolute Gasteiger partial charge is 0.235 e. The van der Waals surface area contributed by atoms with E-state index in [4.69, 9.17) is 5.73 Å². The Morgan fingerprint density at radius 3 is 3.12 bits per heavy atom. The molecule has 0 aromatic carbocycles. The van der Waals surface area contributed by atoms with Gasteiger partial charge in [0.15, 0.2) is 12.8 Å². The van der Waals surface area contributed by atoms with Crippen LogP contribution in [0.1, 0.15) is 0 Å². The quantitative estimate of drug-likeness (QED) is 0.461. The average Bonchev–Trinajstić information content (AvgIpc) is 2.19. The minimum absolute atomic E-state index is 0.708. The summed E-state index contributed by atoms with van der Waals surface area (Å²) in [5.41, 5.74) is 5.29. The molecule has 0 aromatic rings. The standard InChI is InChI=1S/C5H10N3/c6-1-3-8-4-2-7-5-8/h2,4H,1,3,5-6H2/q+1. The molecule has 0 aromatic heterocycles. The Kier molecular flexibility index (Phi) is 1.75. The monoisotopic (exact) mass is 112 g/mol. The first-order valence-electron chi connectivity index (χ1n) is 2.71. The SMILES string of the molecule is NCC[N+]1=CC=NC1. The Morgan fingerprint density at radius 1 is 1.75 bits per heavy atom. The highest BCUT2D eigenvalue weighted by Crippen LogP contribution is 1.78. The molecule has 44 valence electrons. The first-order valence-corrected chi connectivity index (χ1v) is 2.71. The summed E-state index contributed by atoms with van der Waals surface area (Å²) in [6.07, 6.45) is 3.75. The molecule has 0 fully saturated rings. The zero-order valence-electron chi connectivity index (χ0n) is 4.75. The van der Waals surface area contributed by atoms with E-state index >= 15 is 0 Å². The second-order valence-electron chi connectivity index (χ2n) is 1.72. The Balaban J connectivity index is 2.28. The van der Waals surface area contributed by atoms with Crippen molar-refractivity contribution in [2.45, 2.75) is 0 Å². The van der Waals surface area contributed by atoms with Gasteiger partial charge in [-0.1, -0.05) is 0 Å². The van der Waals surface area contributed by atoms with Crippen LogP contribution in [-0.4, -0.2) is 36.8 Å². The van der Waals surface area contributed by atoms with Crippen molar-refractivity contribution in [1.29, 1.82) is 0 Å². The second kappa shape index (κ2) is 2.57. The van der Waals surface area contributed by atoms with Crippen LogP contribution in [0.4, 0.5) is 0 Å². The molecule has 0 amide bonds. The van der Waals surface area contributed by atoms with Crippen LogP contribution < -0.4 is 5.73 Å². The van der Waals surface area contributed by atoms with Crippen molar-refractivity contribution in [1.82, 2.24) is 0 Å². The van der Waals surface area contributed by atoms with E-state index in [0.717, 1.165) is 13.2 Å². The fourth-order valence-corrected chi connectivity index (χ4v) is 0.652. The van der Waals surface area contributed by atoms with Gasteiger partial charge in [0.1, 0.15) is 0 Å². The van der Waals surface area contributed by atoms with Crippen molar-refractivity contribution in [2.24, 2.45) is 10.7 Å². The summed E-state index contributed by atoms with van der Waals surface area (Å²) in [4.78, 5) is 3.97. The maximum Gasteiger partial charge on any atom is 0.235 e. The number of hydrogen-bond acceptors (Lipinski definition) is 2. The van der Waals surface area contributed by atoms with Crippen molar-refractivity contribution in [3.63, 3.8) is 0 Å². The van der Waals surface area contributed by atoms with Crippen LogP contribution in [0.5, 0.6) is 0 Å². The van der Waals surface area contributed by atoms with Crippen LogP contribution in [0.25, 0.3) is 0 Å². The highest BCUT2D eigenvalue weighted by atomic mass is 15.1. The molecule has 1 aliphatic heterocycles. The molecule has 0 bridgehead atoms. The molecule has 0 atom stereocenters. The van der Waals surface area contributed by atoms with E-state index in [1.54, 1.807) is 6.21 Å². The first-order chi connectivity index (χ1) is 3.93. The van der Waals surface area contributed by atoms with E-state index in [0.29, 0.717) is 6.54 Å². The van der Waals surface area contributed by atoms with Gasteiger partial charge in [-0.2, -0.15) is 0 Å². The summed E-state index contributed by atoms with van der Waals surface area (Å²) in [5, 5.41) is 0. The summed E-state index contributed by atoms with van der Waals surface area (Å²) in [6.45, 7) is 2.41. The van der Waals surface area contributed by atoms with Gasteiger partial charge >= 0.3 is 0 Å². The lowest BCUT2D eigenvalue weighted by molar-refractivity contribution is -0.514. The van der Waals surface area contributed by atoms with Gasteiger partial charge in [-0.25, -0.2) is 9.57 Å². The van der Waals surface area contributed by atoms with Gasteiger partial charge in [-0.05, 0) is 0 Å². The summed E-state index contributed by atoms with van der Waals surface area (Å²) >= 11 is 0.